The average Bonchev–Trinajstić information content (AvgIpc) is 2.67. The van der Waals surface area contributed by atoms with Gasteiger partial charge in [-0.3, -0.25) is 4.79 Å². The van der Waals surface area contributed by atoms with Crippen LogP contribution in [-0.4, -0.2) is 22.9 Å². The Morgan fingerprint density at radius 3 is 2.79 bits per heavy atom. The van der Waals surface area contributed by atoms with Gasteiger partial charge in [-0.25, -0.2) is 0 Å². The summed E-state index contributed by atoms with van der Waals surface area (Å²) in [5, 5.41) is 0.711. The summed E-state index contributed by atoms with van der Waals surface area (Å²) in [7, 11) is 0. The minimum atomic E-state index is 0.117. The molecule has 2 nitrogen and oxygen atoms in total. The maximum absolute atomic E-state index is 12.3. The summed E-state index contributed by atoms with van der Waals surface area (Å²) in [4.78, 5) is 14.3. The van der Waals surface area contributed by atoms with Crippen LogP contribution in [0, 0.1) is 0 Å². The van der Waals surface area contributed by atoms with Crippen LogP contribution in [0.2, 0.25) is 5.02 Å². The Balaban J connectivity index is 1.71. The smallest absolute Gasteiger partial charge is 0.247 e. The molecule has 3 rings (SSSR count). The van der Waals surface area contributed by atoms with E-state index in [4.69, 9.17) is 11.6 Å². The van der Waals surface area contributed by atoms with Gasteiger partial charge in [0.1, 0.15) is 0 Å². The van der Waals surface area contributed by atoms with E-state index in [0.29, 0.717) is 17.1 Å². The summed E-state index contributed by atoms with van der Waals surface area (Å²) in [6.45, 7) is 0. The van der Waals surface area contributed by atoms with E-state index in [1.807, 2.05) is 35.2 Å². The molecule has 1 aromatic rings. The number of hydrogen-bond acceptors (Lipinski definition) is 1. The van der Waals surface area contributed by atoms with Crippen molar-refractivity contribution in [2.24, 2.45) is 0 Å². The monoisotopic (exact) mass is 273 g/mol. The molecule has 2 unspecified atom stereocenters. The van der Waals surface area contributed by atoms with Gasteiger partial charge in [-0.15, -0.1) is 0 Å². The number of amides is 1. The minimum absolute atomic E-state index is 0.117. The van der Waals surface area contributed by atoms with E-state index in [1.165, 1.54) is 0 Å². The molecule has 2 aliphatic heterocycles. The number of halogens is 1. The van der Waals surface area contributed by atoms with Crippen LogP contribution in [0.4, 0.5) is 0 Å². The number of carbonyl (C=O) groups is 1. The summed E-state index contributed by atoms with van der Waals surface area (Å²) >= 11 is 5.84. The fourth-order valence-electron chi connectivity index (χ4n) is 2.90. The van der Waals surface area contributed by atoms with Crippen LogP contribution < -0.4 is 0 Å². The molecule has 2 bridgehead atoms. The molecule has 1 amide bonds. The first-order valence-corrected chi connectivity index (χ1v) is 7.04. The molecule has 0 radical (unpaired) electrons. The van der Waals surface area contributed by atoms with Crippen LogP contribution >= 0.6 is 11.6 Å². The zero-order chi connectivity index (χ0) is 13.2. The molecule has 0 aliphatic carbocycles. The molecule has 19 heavy (non-hydrogen) atoms. The maximum atomic E-state index is 12.3. The van der Waals surface area contributed by atoms with Crippen molar-refractivity contribution in [3.8, 4) is 0 Å². The largest absolute Gasteiger partial charge is 0.329 e. The fraction of sp³-hybridized carbons (Fsp3) is 0.312. The molecule has 1 saturated heterocycles. The van der Waals surface area contributed by atoms with E-state index >= 15 is 0 Å². The van der Waals surface area contributed by atoms with Gasteiger partial charge in [-0.2, -0.15) is 0 Å². The third-order valence-corrected chi connectivity index (χ3v) is 4.11. The van der Waals surface area contributed by atoms with Gasteiger partial charge >= 0.3 is 0 Å². The predicted molar refractivity (Wildman–Crippen MR) is 77.9 cm³/mol. The average molecular weight is 274 g/mol. The molecule has 0 aromatic heterocycles. The Kier molecular flexibility index (Phi) is 3.43. The van der Waals surface area contributed by atoms with Crippen molar-refractivity contribution in [1.82, 2.24) is 4.90 Å². The highest BCUT2D eigenvalue weighted by molar-refractivity contribution is 6.30. The van der Waals surface area contributed by atoms with Gasteiger partial charge in [-0.1, -0.05) is 35.9 Å². The number of fused-ring (bicyclic) bond motifs is 2. The second kappa shape index (κ2) is 5.22. The highest BCUT2D eigenvalue weighted by atomic mass is 35.5. The third kappa shape index (κ3) is 2.59. The molecular formula is C16H16ClNO. The van der Waals surface area contributed by atoms with Crippen molar-refractivity contribution in [1.29, 1.82) is 0 Å². The molecule has 2 heterocycles. The lowest BCUT2D eigenvalue weighted by atomic mass is 10.1. The van der Waals surface area contributed by atoms with Gasteiger partial charge < -0.3 is 4.90 Å². The highest BCUT2D eigenvalue weighted by Gasteiger charge is 2.35. The number of benzene rings is 1. The Bertz CT molecular complexity index is 532. The summed E-state index contributed by atoms with van der Waals surface area (Å²) in [5.74, 6) is 0.117. The van der Waals surface area contributed by atoms with Crippen LogP contribution in [-0.2, 0) is 4.79 Å². The van der Waals surface area contributed by atoms with Crippen molar-refractivity contribution < 1.29 is 4.79 Å². The van der Waals surface area contributed by atoms with Crippen LogP contribution in [0.1, 0.15) is 24.8 Å². The SMILES string of the molecule is O=C(/C=C/c1ccc(Cl)cc1)N1C2C=CCC1CC2. The quantitative estimate of drug-likeness (QED) is 0.595. The predicted octanol–water partition coefficient (Wildman–Crippen LogP) is 3.67. The number of nitrogens with zero attached hydrogens (tertiary/aromatic N) is 1. The van der Waals surface area contributed by atoms with Crippen molar-refractivity contribution in [2.45, 2.75) is 31.3 Å². The normalized spacial score (nSPS) is 25.2. The van der Waals surface area contributed by atoms with Gasteiger partial charge in [0.15, 0.2) is 0 Å². The standard InChI is InChI=1S/C16H16ClNO/c17-13-7-4-12(5-8-13)6-11-16(19)18-14-2-1-3-15(18)10-9-14/h1-2,4-8,11,14-15H,3,9-10H2/b11-6+. The molecule has 1 aromatic carbocycles. The van der Waals surface area contributed by atoms with Crippen LogP contribution in [0.15, 0.2) is 42.5 Å². The lowest BCUT2D eigenvalue weighted by molar-refractivity contribution is -0.128. The molecule has 2 aliphatic rings. The van der Waals surface area contributed by atoms with E-state index in [0.717, 1.165) is 24.8 Å². The zero-order valence-electron chi connectivity index (χ0n) is 10.6. The van der Waals surface area contributed by atoms with Gasteiger partial charge in [0.2, 0.25) is 5.91 Å². The van der Waals surface area contributed by atoms with E-state index in [-0.39, 0.29) is 5.91 Å². The van der Waals surface area contributed by atoms with Gasteiger partial charge in [0.05, 0.1) is 6.04 Å². The van der Waals surface area contributed by atoms with Gasteiger partial charge in [-0.05, 0) is 43.0 Å². The van der Waals surface area contributed by atoms with E-state index in [2.05, 4.69) is 12.2 Å². The summed E-state index contributed by atoms with van der Waals surface area (Å²) in [6, 6.07) is 8.20. The minimum Gasteiger partial charge on any atom is -0.329 e. The molecule has 98 valence electrons. The first-order chi connectivity index (χ1) is 9.24. The number of rotatable bonds is 2. The van der Waals surface area contributed by atoms with Crippen molar-refractivity contribution >= 4 is 23.6 Å². The summed E-state index contributed by atoms with van der Waals surface area (Å²) in [6.07, 6.45) is 11.1. The summed E-state index contributed by atoms with van der Waals surface area (Å²) in [5.41, 5.74) is 0.998. The lowest BCUT2D eigenvalue weighted by Crippen LogP contribution is -2.41. The molecule has 0 N–H and O–H groups in total. The first kappa shape index (κ1) is 12.5. The van der Waals surface area contributed by atoms with Crippen molar-refractivity contribution in [2.75, 3.05) is 0 Å². The molecular weight excluding hydrogens is 258 g/mol. The first-order valence-electron chi connectivity index (χ1n) is 6.66. The zero-order valence-corrected chi connectivity index (χ0v) is 11.4. The van der Waals surface area contributed by atoms with Gasteiger partial charge in [0, 0.05) is 17.1 Å². The topological polar surface area (TPSA) is 20.3 Å². The van der Waals surface area contributed by atoms with Gasteiger partial charge in [0.25, 0.3) is 0 Å². The van der Waals surface area contributed by atoms with Crippen molar-refractivity contribution in [3.05, 3.63) is 53.1 Å². The molecule has 2 atom stereocenters. The number of carbonyl (C=O) groups excluding carboxylic acids is 1. The Hall–Kier alpha value is -1.54. The Morgan fingerprint density at radius 1 is 1.26 bits per heavy atom. The van der Waals surface area contributed by atoms with Crippen LogP contribution in [0.3, 0.4) is 0 Å². The lowest BCUT2D eigenvalue weighted by Gasteiger charge is -2.30. The van der Waals surface area contributed by atoms with Crippen LogP contribution in [0.5, 0.6) is 0 Å². The highest BCUT2D eigenvalue weighted by Crippen LogP contribution is 2.31. The number of hydrogen-bond donors (Lipinski definition) is 0. The second-order valence-corrected chi connectivity index (χ2v) is 5.53. The Labute approximate surface area is 118 Å². The van der Waals surface area contributed by atoms with E-state index in [1.54, 1.807) is 6.08 Å². The van der Waals surface area contributed by atoms with E-state index < -0.39 is 0 Å². The maximum Gasteiger partial charge on any atom is 0.247 e. The summed E-state index contributed by atoms with van der Waals surface area (Å²) < 4.78 is 0. The molecule has 0 spiro atoms. The molecule has 3 heteroatoms. The second-order valence-electron chi connectivity index (χ2n) is 5.09. The van der Waals surface area contributed by atoms with Crippen LogP contribution in [0.25, 0.3) is 6.08 Å². The van der Waals surface area contributed by atoms with E-state index in [9.17, 15) is 4.79 Å². The Morgan fingerprint density at radius 2 is 2.05 bits per heavy atom. The molecule has 1 fully saturated rings. The van der Waals surface area contributed by atoms with Crippen molar-refractivity contribution in [3.63, 3.8) is 0 Å². The third-order valence-electron chi connectivity index (χ3n) is 3.86. The fourth-order valence-corrected chi connectivity index (χ4v) is 3.02. The molecule has 0 saturated carbocycles.